The molecule has 6 heteroatoms. The molecule has 0 bridgehead atoms. The molecule has 0 heterocycles. The minimum atomic E-state index is 0.152. The average molecular weight is 377 g/mol. The van der Waals surface area contributed by atoms with E-state index in [1.807, 2.05) is 7.05 Å². The maximum atomic E-state index is 12.4. The summed E-state index contributed by atoms with van der Waals surface area (Å²) < 4.78 is 5.96. The summed E-state index contributed by atoms with van der Waals surface area (Å²) in [5.74, 6) is 1.31. The van der Waals surface area contributed by atoms with E-state index in [4.69, 9.17) is 4.74 Å². The summed E-state index contributed by atoms with van der Waals surface area (Å²) in [6.07, 6.45) is 11.8. The van der Waals surface area contributed by atoms with Gasteiger partial charge in [0.15, 0.2) is 5.96 Å². The van der Waals surface area contributed by atoms with E-state index in [-0.39, 0.29) is 11.8 Å². The van der Waals surface area contributed by atoms with E-state index in [0.29, 0.717) is 29.6 Å². The summed E-state index contributed by atoms with van der Waals surface area (Å²) in [7, 11) is 1.85. The highest BCUT2D eigenvalue weighted by molar-refractivity contribution is 5.81. The van der Waals surface area contributed by atoms with Gasteiger partial charge in [0.2, 0.25) is 5.91 Å². The zero-order chi connectivity index (χ0) is 18.9. The van der Waals surface area contributed by atoms with E-state index in [1.165, 1.54) is 19.3 Å². The van der Waals surface area contributed by atoms with Crippen LogP contribution in [-0.2, 0) is 9.53 Å². The van der Waals surface area contributed by atoms with Crippen LogP contribution in [0.3, 0.4) is 0 Å². The number of hydrogen-bond acceptors (Lipinski definition) is 3. The number of guanidine groups is 1. The first-order valence-corrected chi connectivity index (χ1v) is 11.1. The Labute approximate surface area is 163 Å². The first kappa shape index (κ1) is 19.0. The Balaban J connectivity index is 1.28. The summed E-state index contributed by atoms with van der Waals surface area (Å²) in [5.41, 5.74) is 0.326. The topological polar surface area (TPSA) is 74.8 Å². The number of amides is 1. The van der Waals surface area contributed by atoms with E-state index in [9.17, 15) is 4.79 Å². The molecule has 27 heavy (non-hydrogen) atoms. The van der Waals surface area contributed by atoms with Gasteiger partial charge in [0.1, 0.15) is 0 Å². The lowest BCUT2D eigenvalue weighted by molar-refractivity contribution is -0.168. The Morgan fingerprint density at radius 1 is 1.04 bits per heavy atom. The minimum Gasteiger partial charge on any atom is -0.378 e. The van der Waals surface area contributed by atoms with Gasteiger partial charge in [0, 0.05) is 43.1 Å². The van der Waals surface area contributed by atoms with Crippen molar-refractivity contribution in [2.45, 2.75) is 95.4 Å². The van der Waals surface area contributed by atoms with Crippen molar-refractivity contribution >= 4 is 11.9 Å². The van der Waals surface area contributed by atoms with E-state index in [0.717, 1.165) is 57.5 Å². The zero-order valence-electron chi connectivity index (χ0n) is 16.9. The van der Waals surface area contributed by atoms with Crippen LogP contribution in [0.1, 0.15) is 71.1 Å². The Kier molecular flexibility index (Phi) is 5.62. The maximum Gasteiger partial charge on any atom is 0.223 e. The van der Waals surface area contributed by atoms with Crippen molar-refractivity contribution in [1.82, 2.24) is 16.0 Å². The lowest BCUT2D eigenvalue weighted by atomic mass is 9.51. The van der Waals surface area contributed by atoms with Gasteiger partial charge < -0.3 is 20.7 Å². The molecule has 0 aromatic rings. The van der Waals surface area contributed by atoms with Crippen LogP contribution < -0.4 is 16.0 Å². The van der Waals surface area contributed by atoms with Crippen molar-refractivity contribution in [1.29, 1.82) is 0 Å². The monoisotopic (exact) mass is 376 g/mol. The molecule has 1 amide bonds. The van der Waals surface area contributed by atoms with Crippen molar-refractivity contribution in [2.75, 3.05) is 13.7 Å². The van der Waals surface area contributed by atoms with Gasteiger partial charge in [0.25, 0.3) is 0 Å². The van der Waals surface area contributed by atoms with E-state index in [2.05, 4.69) is 27.9 Å². The standard InChI is InChI=1S/C21H36N4O2/c1-3-27-18-13-17(21(18)10-5-11-21)25-20(22-2)24-16-7-4-6-14(12-16)19(26)23-15-8-9-15/h14-18H,3-13H2,1-2H3,(H,23,26)(H2,22,24,25). The lowest BCUT2D eigenvalue weighted by Gasteiger charge is -2.61. The third-order valence-electron chi connectivity index (χ3n) is 7.28. The van der Waals surface area contributed by atoms with Crippen LogP contribution >= 0.6 is 0 Å². The normalized spacial score (nSPS) is 35.1. The zero-order valence-corrected chi connectivity index (χ0v) is 16.9. The number of aliphatic imine (C=N–C) groups is 1. The number of nitrogens with zero attached hydrogens (tertiary/aromatic N) is 1. The fourth-order valence-electron chi connectivity index (χ4n) is 5.28. The molecule has 6 nitrogen and oxygen atoms in total. The van der Waals surface area contributed by atoms with Crippen LogP contribution in [0.25, 0.3) is 0 Å². The SMILES string of the molecule is CCOC1CC(NC(=NC)NC2CCCC(C(=O)NC3CC3)C2)C12CCC2. The van der Waals surface area contributed by atoms with Crippen LogP contribution in [0.2, 0.25) is 0 Å². The lowest BCUT2D eigenvalue weighted by Crippen LogP contribution is -2.69. The van der Waals surface area contributed by atoms with Crippen LogP contribution in [0.15, 0.2) is 4.99 Å². The molecule has 4 unspecified atom stereocenters. The molecule has 3 N–H and O–H groups in total. The highest BCUT2D eigenvalue weighted by Gasteiger charge is 2.59. The smallest absolute Gasteiger partial charge is 0.223 e. The van der Waals surface area contributed by atoms with Crippen LogP contribution in [0.4, 0.5) is 0 Å². The third kappa shape index (κ3) is 3.96. The molecule has 0 saturated heterocycles. The van der Waals surface area contributed by atoms with Crippen LogP contribution in [0.5, 0.6) is 0 Å². The molecule has 4 aliphatic carbocycles. The molecular weight excluding hydrogens is 340 g/mol. The molecule has 0 aliphatic heterocycles. The van der Waals surface area contributed by atoms with E-state index >= 15 is 0 Å². The first-order valence-electron chi connectivity index (χ1n) is 11.1. The summed E-state index contributed by atoms with van der Waals surface area (Å²) >= 11 is 0. The number of ether oxygens (including phenoxy) is 1. The van der Waals surface area contributed by atoms with Gasteiger partial charge in [-0.05, 0) is 58.3 Å². The van der Waals surface area contributed by atoms with Gasteiger partial charge in [-0.15, -0.1) is 0 Å². The van der Waals surface area contributed by atoms with Crippen molar-refractivity contribution < 1.29 is 9.53 Å². The van der Waals surface area contributed by atoms with Crippen molar-refractivity contribution in [3.05, 3.63) is 0 Å². The quantitative estimate of drug-likeness (QED) is 0.491. The average Bonchev–Trinajstić information content (AvgIpc) is 3.42. The van der Waals surface area contributed by atoms with Gasteiger partial charge in [-0.2, -0.15) is 0 Å². The second kappa shape index (κ2) is 7.98. The van der Waals surface area contributed by atoms with Gasteiger partial charge in [-0.25, -0.2) is 0 Å². The molecule has 0 aromatic heterocycles. The minimum absolute atomic E-state index is 0.152. The summed E-state index contributed by atoms with van der Waals surface area (Å²) in [4.78, 5) is 16.9. The van der Waals surface area contributed by atoms with Gasteiger partial charge in [-0.3, -0.25) is 9.79 Å². The van der Waals surface area contributed by atoms with Gasteiger partial charge in [0.05, 0.1) is 6.10 Å². The second-order valence-corrected chi connectivity index (χ2v) is 9.02. The molecule has 4 rings (SSSR count). The summed E-state index contributed by atoms with van der Waals surface area (Å²) in [6, 6.07) is 1.25. The molecule has 1 spiro atoms. The Morgan fingerprint density at radius 2 is 1.85 bits per heavy atom. The Hall–Kier alpha value is -1.30. The number of rotatable bonds is 6. The second-order valence-electron chi connectivity index (χ2n) is 9.02. The maximum absolute atomic E-state index is 12.4. The number of carbonyl (C=O) groups is 1. The van der Waals surface area contributed by atoms with Crippen molar-refractivity contribution in [2.24, 2.45) is 16.3 Å². The molecule has 4 aliphatic rings. The number of carbonyl (C=O) groups excluding carboxylic acids is 1. The van der Waals surface area contributed by atoms with E-state index < -0.39 is 0 Å². The molecule has 0 aromatic carbocycles. The van der Waals surface area contributed by atoms with Gasteiger partial charge >= 0.3 is 0 Å². The van der Waals surface area contributed by atoms with Crippen LogP contribution in [0, 0.1) is 11.3 Å². The summed E-state index contributed by atoms with van der Waals surface area (Å²) in [6.45, 7) is 2.89. The first-order chi connectivity index (χ1) is 13.1. The predicted octanol–water partition coefficient (Wildman–Crippen LogP) is 2.34. The fourth-order valence-corrected chi connectivity index (χ4v) is 5.28. The van der Waals surface area contributed by atoms with Crippen molar-refractivity contribution in [3.63, 3.8) is 0 Å². The molecule has 4 atom stereocenters. The van der Waals surface area contributed by atoms with Gasteiger partial charge in [-0.1, -0.05) is 12.8 Å². The molecule has 4 saturated carbocycles. The Morgan fingerprint density at radius 3 is 2.48 bits per heavy atom. The molecule has 0 radical (unpaired) electrons. The van der Waals surface area contributed by atoms with E-state index in [1.54, 1.807) is 0 Å². The Bertz CT molecular complexity index is 571. The molecular formula is C21H36N4O2. The predicted molar refractivity (Wildman–Crippen MR) is 107 cm³/mol. The number of nitrogens with one attached hydrogen (secondary N) is 3. The number of hydrogen-bond donors (Lipinski definition) is 3. The highest BCUT2D eigenvalue weighted by atomic mass is 16.5. The highest BCUT2D eigenvalue weighted by Crippen LogP contribution is 2.57. The molecule has 4 fully saturated rings. The third-order valence-corrected chi connectivity index (χ3v) is 7.28. The van der Waals surface area contributed by atoms with Crippen LogP contribution in [-0.4, -0.2) is 49.8 Å². The largest absolute Gasteiger partial charge is 0.378 e. The van der Waals surface area contributed by atoms with Crippen molar-refractivity contribution in [3.8, 4) is 0 Å². The summed E-state index contributed by atoms with van der Waals surface area (Å²) in [5, 5.41) is 10.5. The molecule has 152 valence electrons. The fraction of sp³-hybridized carbons (Fsp3) is 0.905.